The molecule has 0 fully saturated rings. The summed E-state index contributed by atoms with van der Waals surface area (Å²) in [6.07, 6.45) is -4.41. The van der Waals surface area contributed by atoms with Crippen LogP contribution in [0.4, 0.5) is 13.2 Å². The lowest BCUT2D eigenvalue weighted by molar-refractivity contribution is -0.148. The molecule has 0 spiro atoms. The van der Waals surface area contributed by atoms with E-state index in [0.29, 0.717) is 0 Å². The van der Waals surface area contributed by atoms with E-state index < -0.39 is 23.8 Å². The van der Waals surface area contributed by atoms with Crippen molar-refractivity contribution in [3.05, 3.63) is 48.2 Å². The number of aromatic nitrogens is 1. The highest BCUT2D eigenvalue weighted by atomic mass is 19.4. The van der Waals surface area contributed by atoms with Crippen molar-refractivity contribution < 1.29 is 32.2 Å². The molecule has 1 atom stereocenters. The molecule has 24 heavy (non-hydrogen) atoms. The van der Waals surface area contributed by atoms with E-state index in [1.165, 1.54) is 26.2 Å². The van der Waals surface area contributed by atoms with Crippen LogP contribution in [0.3, 0.4) is 0 Å². The molecule has 0 amide bonds. The van der Waals surface area contributed by atoms with Gasteiger partial charge in [0.1, 0.15) is 0 Å². The Hall–Kier alpha value is -2.77. The molecule has 1 aromatic heterocycles. The molecular formula is C16H14F3NO4. The lowest BCUT2D eigenvalue weighted by Gasteiger charge is -2.16. The summed E-state index contributed by atoms with van der Waals surface area (Å²) in [5.41, 5.74) is -0.881. The van der Waals surface area contributed by atoms with Gasteiger partial charge in [0.05, 0.1) is 12.7 Å². The van der Waals surface area contributed by atoms with Crippen LogP contribution in [0.2, 0.25) is 0 Å². The molecule has 128 valence electrons. The highest BCUT2D eigenvalue weighted by Gasteiger charge is 2.31. The highest BCUT2D eigenvalue weighted by Crippen LogP contribution is 2.34. The van der Waals surface area contributed by atoms with Crippen LogP contribution in [0.15, 0.2) is 42.6 Å². The van der Waals surface area contributed by atoms with E-state index in [2.05, 4.69) is 9.72 Å². The summed E-state index contributed by atoms with van der Waals surface area (Å²) in [5.74, 6) is -0.539. The smallest absolute Gasteiger partial charge is 0.416 e. The first-order valence-electron chi connectivity index (χ1n) is 6.86. The van der Waals surface area contributed by atoms with Crippen molar-refractivity contribution in [3.63, 3.8) is 0 Å². The quantitative estimate of drug-likeness (QED) is 0.774. The van der Waals surface area contributed by atoms with E-state index in [1.807, 2.05) is 0 Å². The highest BCUT2D eigenvalue weighted by molar-refractivity contribution is 5.74. The van der Waals surface area contributed by atoms with Gasteiger partial charge in [0.15, 0.2) is 17.6 Å². The van der Waals surface area contributed by atoms with Gasteiger partial charge in [0, 0.05) is 12.3 Å². The fourth-order valence-electron chi connectivity index (χ4n) is 1.79. The molecule has 0 aliphatic carbocycles. The second-order valence-corrected chi connectivity index (χ2v) is 4.71. The average Bonchev–Trinajstić information content (AvgIpc) is 2.55. The van der Waals surface area contributed by atoms with Crippen molar-refractivity contribution in [1.82, 2.24) is 4.98 Å². The molecule has 0 bridgehead atoms. The van der Waals surface area contributed by atoms with Gasteiger partial charge in [0.25, 0.3) is 0 Å². The Morgan fingerprint density at radius 3 is 2.46 bits per heavy atom. The number of rotatable bonds is 5. The van der Waals surface area contributed by atoms with E-state index in [9.17, 15) is 18.0 Å². The summed E-state index contributed by atoms with van der Waals surface area (Å²) in [5, 5.41) is 0. The van der Waals surface area contributed by atoms with Gasteiger partial charge in [-0.3, -0.25) is 0 Å². The Labute approximate surface area is 136 Å². The zero-order chi connectivity index (χ0) is 17.7. The van der Waals surface area contributed by atoms with Gasteiger partial charge in [-0.05, 0) is 25.1 Å². The molecule has 0 radical (unpaired) electrons. The first-order valence-corrected chi connectivity index (χ1v) is 6.86. The lowest BCUT2D eigenvalue weighted by Crippen LogP contribution is -2.25. The average molecular weight is 341 g/mol. The summed E-state index contributed by atoms with van der Waals surface area (Å²) >= 11 is 0. The minimum Gasteiger partial charge on any atom is -0.475 e. The monoisotopic (exact) mass is 341 g/mol. The molecule has 8 heteroatoms. The molecule has 0 saturated carbocycles. The number of pyridine rings is 1. The Morgan fingerprint density at radius 2 is 1.83 bits per heavy atom. The zero-order valence-corrected chi connectivity index (χ0v) is 12.8. The minimum atomic E-state index is -4.50. The van der Waals surface area contributed by atoms with Gasteiger partial charge in [-0.15, -0.1) is 0 Å². The van der Waals surface area contributed by atoms with Crippen LogP contribution in [-0.2, 0) is 15.7 Å². The number of esters is 1. The standard InChI is InChI=1S/C16H14F3NO4/c1-10(15(21)22-2)23-12-5-3-4-6-13(12)24-14-9-11(7-8-20-14)16(17,18)19/h3-10H,1-2H3. The van der Waals surface area contributed by atoms with Crippen molar-refractivity contribution in [3.8, 4) is 17.4 Å². The number of methoxy groups -OCH3 is 1. The van der Waals surface area contributed by atoms with E-state index in [-0.39, 0.29) is 17.4 Å². The maximum Gasteiger partial charge on any atom is 0.416 e. The third-order valence-corrected chi connectivity index (χ3v) is 2.96. The molecular weight excluding hydrogens is 327 g/mol. The summed E-state index contributed by atoms with van der Waals surface area (Å²) in [4.78, 5) is 15.2. The number of carbonyl (C=O) groups excluding carboxylic acids is 1. The van der Waals surface area contributed by atoms with Crippen molar-refractivity contribution in [1.29, 1.82) is 0 Å². The largest absolute Gasteiger partial charge is 0.475 e. The number of halogens is 3. The van der Waals surface area contributed by atoms with E-state index in [4.69, 9.17) is 9.47 Å². The summed E-state index contributed by atoms with van der Waals surface area (Å²) in [6.45, 7) is 1.48. The van der Waals surface area contributed by atoms with E-state index >= 15 is 0 Å². The number of benzene rings is 1. The predicted octanol–water partition coefficient (Wildman–Crippen LogP) is 3.83. The Morgan fingerprint density at radius 1 is 1.17 bits per heavy atom. The lowest BCUT2D eigenvalue weighted by atomic mass is 10.2. The Kier molecular flexibility index (Phi) is 5.28. The molecule has 2 aromatic rings. The number of ether oxygens (including phenoxy) is 3. The molecule has 1 unspecified atom stereocenters. The molecule has 0 saturated heterocycles. The van der Waals surface area contributed by atoms with Crippen molar-refractivity contribution in [2.24, 2.45) is 0 Å². The van der Waals surface area contributed by atoms with Crippen molar-refractivity contribution >= 4 is 5.97 Å². The Balaban J connectivity index is 2.23. The third kappa shape index (κ3) is 4.37. The van der Waals surface area contributed by atoms with Gasteiger partial charge in [-0.2, -0.15) is 13.2 Å². The van der Waals surface area contributed by atoms with Crippen LogP contribution in [0, 0.1) is 0 Å². The summed E-state index contributed by atoms with van der Waals surface area (Å²) in [6, 6.07) is 7.86. The van der Waals surface area contributed by atoms with Crippen molar-refractivity contribution in [2.45, 2.75) is 19.2 Å². The molecule has 0 aliphatic rings. The van der Waals surface area contributed by atoms with E-state index in [1.54, 1.807) is 12.1 Å². The van der Waals surface area contributed by atoms with E-state index in [0.717, 1.165) is 18.3 Å². The second-order valence-electron chi connectivity index (χ2n) is 4.71. The topological polar surface area (TPSA) is 57.7 Å². The van der Waals surface area contributed by atoms with Crippen LogP contribution in [0.5, 0.6) is 17.4 Å². The molecule has 0 aliphatic heterocycles. The number of hydrogen-bond acceptors (Lipinski definition) is 5. The van der Waals surface area contributed by atoms with Gasteiger partial charge in [-0.1, -0.05) is 12.1 Å². The number of carbonyl (C=O) groups is 1. The van der Waals surface area contributed by atoms with Crippen molar-refractivity contribution in [2.75, 3.05) is 7.11 Å². The number of hydrogen-bond donors (Lipinski definition) is 0. The zero-order valence-electron chi connectivity index (χ0n) is 12.8. The first-order chi connectivity index (χ1) is 11.3. The van der Waals surface area contributed by atoms with Gasteiger partial charge in [0.2, 0.25) is 5.88 Å². The maximum atomic E-state index is 12.7. The maximum absolute atomic E-state index is 12.7. The second kappa shape index (κ2) is 7.20. The SMILES string of the molecule is COC(=O)C(C)Oc1ccccc1Oc1cc(C(F)(F)F)ccn1. The van der Waals surface area contributed by atoms with Crippen LogP contribution in [0.25, 0.3) is 0 Å². The fourth-order valence-corrected chi connectivity index (χ4v) is 1.79. The molecule has 2 rings (SSSR count). The number of para-hydroxylation sites is 2. The fraction of sp³-hybridized carbons (Fsp3) is 0.250. The Bertz CT molecular complexity index is 718. The minimum absolute atomic E-state index is 0.125. The molecule has 5 nitrogen and oxygen atoms in total. The number of nitrogens with zero attached hydrogens (tertiary/aromatic N) is 1. The normalized spacial score (nSPS) is 12.4. The summed E-state index contributed by atoms with van der Waals surface area (Å²) in [7, 11) is 1.22. The molecule has 1 heterocycles. The first kappa shape index (κ1) is 17.6. The molecule has 0 N–H and O–H groups in total. The van der Waals surface area contributed by atoms with Gasteiger partial charge < -0.3 is 14.2 Å². The van der Waals surface area contributed by atoms with Crippen LogP contribution < -0.4 is 9.47 Å². The number of alkyl halides is 3. The van der Waals surface area contributed by atoms with Crippen LogP contribution >= 0.6 is 0 Å². The predicted molar refractivity (Wildman–Crippen MR) is 77.9 cm³/mol. The van der Waals surface area contributed by atoms with Gasteiger partial charge >= 0.3 is 12.1 Å². The van der Waals surface area contributed by atoms with Crippen LogP contribution in [-0.4, -0.2) is 24.2 Å². The summed E-state index contributed by atoms with van der Waals surface area (Å²) < 4.78 is 53.5. The molecule has 1 aromatic carbocycles. The third-order valence-electron chi connectivity index (χ3n) is 2.96. The van der Waals surface area contributed by atoms with Gasteiger partial charge in [-0.25, -0.2) is 9.78 Å². The van der Waals surface area contributed by atoms with Crippen LogP contribution in [0.1, 0.15) is 12.5 Å².